The van der Waals surface area contributed by atoms with Crippen molar-refractivity contribution in [2.75, 3.05) is 13.2 Å². The number of amides is 1. The van der Waals surface area contributed by atoms with Crippen molar-refractivity contribution in [3.05, 3.63) is 69.9 Å². The van der Waals surface area contributed by atoms with Crippen molar-refractivity contribution < 1.29 is 19.2 Å². The lowest BCUT2D eigenvalue weighted by atomic mass is 10.1. The molecule has 0 spiro atoms. The van der Waals surface area contributed by atoms with Gasteiger partial charge in [-0.15, -0.1) is 0 Å². The molecule has 9 nitrogen and oxygen atoms in total. The molecule has 142 valence electrons. The van der Waals surface area contributed by atoms with Crippen molar-refractivity contribution in [1.29, 1.82) is 0 Å². The third-order valence-corrected chi connectivity index (χ3v) is 4.32. The van der Waals surface area contributed by atoms with Crippen LogP contribution in [0.1, 0.15) is 15.9 Å². The van der Waals surface area contributed by atoms with Crippen molar-refractivity contribution in [3.8, 4) is 22.8 Å². The van der Waals surface area contributed by atoms with Crippen LogP contribution in [-0.4, -0.2) is 34.2 Å². The van der Waals surface area contributed by atoms with Gasteiger partial charge in [0.25, 0.3) is 11.6 Å². The Morgan fingerprint density at radius 3 is 2.50 bits per heavy atom. The van der Waals surface area contributed by atoms with E-state index in [4.69, 9.17) is 9.47 Å². The number of benzene rings is 2. The molecule has 0 saturated heterocycles. The topological polar surface area (TPSA) is 119 Å². The van der Waals surface area contributed by atoms with Gasteiger partial charge >= 0.3 is 0 Å². The second-order valence-corrected chi connectivity index (χ2v) is 6.12. The quantitative estimate of drug-likeness (QED) is 0.519. The van der Waals surface area contributed by atoms with Gasteiger partial charge in [0.2, 0.25) is 0 Å². The van der Waals surface area contributed by atoms with E-state index in [1.54, 1.807) is 6.20 Å². The molecule has 0 atom stereocenters. The first-order valence-corrected chi connectivity index (χ1v) is 8.57. The van der Waals surface area contributed by atoms with Crippen molar-refractivity contribution in [1.82, 2.24) is 15.5 Å². The number of hydrogen-bond donors (Lipinski definition) is 2. The Balaban J connectivity index is 1.50. The Labute approximate surface area is 159 Å². The van der Waals surface area contributed by atoms with Crippen molar-refractivity contribution in [3.63, 3.8) is 0 Å². The summed E-state index contributed by atoms with van der Waals surface area (Å²) in [5.74, 6) is 0.0381. The highest BCUT2D eigenvalue weighted by atomic mass is 16.6. The lowest BCUT2D eigenvalue weighted by Gasteiger charge is -2.18. The number of carbonyl (C=O) groups excluding carboxylic acids is 1. The molecule has 3 aromatic rings. The fraction of sp³-hybridized carbons (Fsp3) is 0.158. The number of rotatable bonds is 5. The molecule has 0 bridgehead atoms. The van der Waals surface area contributed by atoms with E-state index in [9.17, 15) is 14.9 Å². The number of fused-ring (bicyclic) bond motifs is 1. The summed E-state index contributed by atoms with van der Waals surface area (Å²) < 4.78 is 10.8. The maximum Gasteiger partial charge on any atom is 0.286 e. The average Bonchev–Trinajstić information content (AvgIpc) is 3.26. The van der Waals surface area contributed by atoms with Crippen LogP contribution in [0.2, 0.25) is 0 Å². The second kappa shape index (κ2) is 7.39. The Kier molecular flexibility index (Phi) is 4.63. The van der Waals surface area contributed by atoms with Gasteiger partial charge in [-0.2, -0.15) is 5.10 Å². The lowest BCUT2D eigenvalue weighted by molar-refractivity contribution is -0.385. The number of nitro groups is 1. The predicted molar refractivity (Wildman–Crippen MR) is 99.3 cm³/mol. The molecule has 0 aliphatic carbocycles. The molecule has 0 fully saturated rings. The number of nitrogens with zero attached hydrogens (tertiary/aromatic N) is 2. The number of nitro benzene ring substituents is 1. The van der Waals surface area contributed by atoms with Crippen LogP contribution in [0.25, 0.3) is 11.3 Å². The normalized spacial score (nSPS) is 12.4. The van der Waals surface area contributed by atoms with Crippen molar-refractivity contribution >= 4 is 11.6 Å². The average molecular weight is 380 g/mol. The summed E-state index contributed by atoms with van der Waals surface area (Å²) in [7, 11) is 0. The molecule has 1 aliphatic heterocycles. The van der Waals surface area contributed by atoms with E-state index in [1.807, 2.05) is 30.3 Å². The first-order valence-electron chi connectivity index (χ1n) is 8.57. The number of aromatic amines is 1. The van der Waals surface area contributed by atoms with Crippen molar-refractivity contribution in [2.45, 2.75) is 6.54 Å². The molecule has 9 heteroatoms. The van der Waals surface area contributed by atoms with Crippen molar-refractivity contribution in [2.24, 2.45) is 0 Å². The fourth-order valence-corrected chi connectivity index (χ4v) is 2.91. The fourth-order valence-electron chi connectivity index (χ4n) is 2.91. The Morgan fingerprint density at radius 2 is 1.86 bits per heavy atom. The van der Waals surface area contributed by atoms with Crippen LogP contribution >= 0.6 is 0 Å². The minimum absolute atomic E-state index is 0.0664. The third-order valence-electron chi connectivity index (χ3n) is 4.32. The minimum atomic E-state index is -0.605. The molecule has 28 heavy (non-hydrogen) atoms. The summed E-state index contributed by atoms with van der Waals surface area (Å²) in [6, 6.07) is 12.0. The molecular weight excluding hydrogens is 364 g/mol. The summed E-state index contributed by atoms with van der Waals surface area (Å²) in [6.07, 6.45) is 1.67. The molecule has 0 radical (unpaired) electrons. The molecule has 2 aromatic carbocycles. The smallest absolute Gasteiger partial charge is 0.286 e. The predicted octanol–water partition coefficient (Wildman–Crippen LogP) is 2.69. The minimum Gasteiger partial charge on any atom is -0.486 e. The molecular formula is C19H16N4O5. The van der Waals surface area contributed by atoms with Gasteiger partial charge in [0.1, 0.15) is 18.8 Å². The summed E-state index contributed by atoms with van der Waals surface area (Å²) in [6.45, 7) is 0.868. The van der Waals surface area contributed by atoms with Crippen LogP contribution < -0.4 is 14.8 Å². The zero-order chi connectivity index (χ0) is 19.5. The second-order valence-electron chi connectivity index (χ2n) is 6.12. The number of ether oxygens (including phenoxy) is 2. The lowest BCUT2D eigenvalue weighted by Crippen LogP contribution is -2.24. The summed E-state index contributed by atoms with van der Waals surface area (Å²) in [4.78, 5) is 23.3. The zero-order valence-corrected chi connectivity index (χ0v) is 14.7. The number of hydrogen-bond acceptors (Lipinski definition) is 6. The van der Waals surface area contributed by atoms with E-state index in [1.165, 1.54) is 12.1 Å². The van der Waals surface area contributed by atoms with Crippen LogP contribution in [-0.2, 0) is 6.54 Å². The summed E-state index contributed by atoms with van der Waals surface area (Å²) >= 11 is 0. The van der Waals surface area contributed by atoms with Gasteiger partial charge in [-0.1, -0.05) is 24.3 Å². The van der Waals surface area contributed by atoms with Gasteiger partial charge in [-0.3, -0.25) is 20.0 Å². The van der Waals surface area contributed by atoms with E-state index in [0.29, 0.717) is 19.0 Å². The Morgan fingerprint density at radius 1 is 1.14 bits per heavy atom. The molecule has 1 aromatic heterocycles. The van der Waals surface area contributed by atoms with Gasteiger partial charge in [-0.25, -0.2) is 0 Å². The van der Waals surface area contributed by atoms with E-state index < -0.39 is 10.8 Å². The van der Waals surface area contributed by atoms with Gasteiger partial charge < -0.3 is 14.8 Å². The van der Waals surface area contributed by atoms with E-state index >= 15 is 0 Å². The largest absolute Gasteiger partial charge is 0.486 e. The SMILES string of the molecule is O=C(NCc1ccc(-c2ccn[nH]2)cc1)c1cc2c(cc1[N+](=O)[O-])OCCO2. The van der Waals surface area contributed by atoms with Gasteiger partial charge in [0.05, 0.1) is 16.7 Å². The zero-order valence-electron chi connectivity index (χ0n) is 14.7. The molecule has 0 saturated carbocycles. The van der Waals surface area contributed by atoms with Gasteiger partial charge in [0.15, 0.2) is 11.5 Å². The summed E-state index contributed by atoms with van der Waals surface area (Å²) in [5, 5.41) is 20.9. The maximum atomic E-state index is 12.6. The number of H-pyrrole nitrogens is 1. The Bertz CT molecular complexity index is 1020. The maximum absolute atomic E-state index is 12.6. The molecule has 2 heterocycles. The summed E-state index contributed by atoms with van der Waals surface area (Å²) in [5.41, 5.74) is 2.33. The van der Waals surface area contributed by atoms with Gasteiger partial charge in [-0.05, 0) is 17.2 Å². The van der Waals surface area contributed by atoms with Crippen LogP contribution in [0.4, 0.5) is 5.69 Å². The van der Waals surface area contributed by atoms with Gasteiger partial charge in [0, 0.05) is 18.8 Å². The third kappa shape index (κ3) is 3.50. The first-order chi connectivity index (χ1) is 13.6. The number of nitrogens with one attached hydrogen (secondary N) is 2. The molecule has 4 rings (SSSR count). The highest BCUT2D eigenvalue weighted by Gasteiger charge is 2.26. The van der Waals surface area contributed by atoms with Crippen LogP contribution in [0.15, 0.2) is 48.7 Å². The van der Waals surface area contributed by atoms with Crippen LogP contribution in [0.3, 0.4) is 0 Å². The standard InChI is InChI=1S/C19H16N4O5/c24-19(14-9-17-18(28-8-7-27-17)10-16(14)23(25)26)20-11-12-1-3-13(4-2-12)15-5-6-21-22-15/h1-6,9-10H,7-8,11H2,(H,20,24)(H,21,22). The monoisotopic (exact) mass is 380 g/mol. The molecule has 0 unspecified atom stereocenters. The number of carbonyl (C=O) groups is 1. The Hall–Kier alpha value is -3.88. The highest BCUT2D eigenvalue weighted by molar-refractivity contribution is 5.99. The molecule has 2 N–H and O–H groups in total. The highest BCUT2D eigenvalue weighted by Crippen LogP contribution is 2.36. The number of aromatic nitrogens is 2. The molecule has 1 aliphatic rings. The van der Waals surface area contributed by atoms with Crippen LogP contribution in [0, 0.1) is 10.1 Å². The molecule has 1 amide bonds. The van der Waals surface area contributed by atoms with E-state index in [-0.39, 0.29) is 23.5 Å². The van der Waals surface area contributed by atoms with E-state index in [0.717, 1.165) is 16.8 Å². The van der Waals surface area contributed by atoms with E-state index in [2.05, 4.69) is 15.5 Å². The van der Waals surface area contributed by atoms with Crippen LogP contribution in [0.5, 0.6) is 11.5 Å². The first kappa shape index (κ1) is 17.5.